The Labute approximate surface area is 102 Å². The van der Waals surface area contributed by atoms with Gasteiger partial charge in [-0.3, -0.25) is 14.9 Å². The van der Waals surface area contributed by atoms with Gasteiger partial charge in [0.2, 0.25) is 0 Å². The molecule has 0 fully saturated rings. The minimum atomic E-state index is -0.845. The molecule has 7 nitrogen and oxygen atoms in total. The second-order valence-electron chi connectivity index (χ2n) is 3.36. The van der Waals surface area contributed by atoms with E-state index in [0.29, 0.717) is 0 Å². The van der Waals surface area contributed by atoms with E-state index in [0.717, 1.165) is 6.07 Å². The normalized spacial score (nSPS) is 9.56. The number of nitriles is 1. The van der Waals surface area contributed by atoms with Crippen LogP contribution in [0.15, 0.2) is 12.1 Å². The van der Waals surface area contributed by atoms with E-state index in [4.69, 9.17) is 10.00 Å². The SMILES string of the molecule is CCOC(=O)Cc1cc(O)c([N+](=O)[O-])c(C#N)c1. The molecule has 0 aliphatic carbocycles. The molecule has 0 heterocycles. The number of phenolic OH excluding ortho intramolecular Hbond substituents is 1. The van der Waals surface area contributed by atoms with Crippen LogP contribution in [0.25, 0.3) is 0 Å². The molecular weight excluding hydrogens is 240 g/mol. The van der Waals surface area contributed by atoms with Gasteiger partial charge >= 0.3 is 11.7 Å². The van der Waals surface area contributed by atoms with Gasteiger partial charge in [-0.15, -0.1) is 0 Å². The van der Waals surface area contributed by atoms with Gasteiger partial charge in [0.05, 0.1) is 18.0 Å². The maximum absolute atomic E-state index is 11.2. The first kappa shape index (κ1) is 13.4. The molecule has 18 heavy (non-hydrogen) atoms. The van der Waals surface area contributed by atoms with E-state index in [1.165, 1.54) is 6.07 Å². The zero-order valence-corrected chi connectivity index (χ0v) is 9.54. The summed E-state index contributed by atoms with van der Waals surface area (Å²) in [6.45, 7) is 1.86. The predicted octanol–water partition coefficient (Wildman–Crippen LogP) is 1.28. The van der Waals surface area contributed by atoms with E-state index in [1.807, 2.05) is 0 Å². The van der Waals surface area contributed by atoms with E-state index in [9.17, 15) is 20.0 Å². The van der Waals surface area contributed by atoms with Crippen molar-refractivity contribution in [3.05, 3.63) is 33.4 Å². The lowest BCUT2D eigenvalue weighted by molar-refractivity contribution is -0.386. The lowest BCUT2D eigenvalue weighted by Crippen LogP contribution is -2.08. The summed E-state index contributed by atoms with van der Waals surface area (Å²) in [5.41, 5.74) is -0.669. The molecule has 0 saturated heterocycles. The summed E-state index contributed by atoms with van der Waals surface area (Å²) in [7, 11) is 0. The maximum Gasteiger partial charge on any atom is 0.328 e. The molecule has 0 atom stereocenters. The lowest BCUT2D eigenvalue weighted by Gasteiger charge is -2.04. The zero-order valence-electron chi connectivity index (χ0n) is 9.54. The van der Waals surface area contributed by atoms with Crippen molar-refractivity contribution in [2.75, 3.05) is 6.61 Å². The lowest BCUT2D eigenvalue weighted by atomic mass is 10.1. The highest BCUT2D eigenvalue weighted by Crippen LogP contribution is 2.31. The second kappa shape index (κ2) is 5.63. The van der Waals surface area contributed by atoms with Crippen LogP contribution in [0.1, 0.15) is 18.1 Å². The van der Waals surface area contributed by atoms with Crippen molar-refractivity contribution in [2.24, 2.45) is 0 Å². The fraction of sp³-hybridized carbons (Fsp3) is 0.273. The Balaban J connectivity index is 3.12. The van der Waals surface area contributed by atoms with E-state index >= 15 is 0 Å². The van der Waals surface area contributed by atoms with Crippen LogP contribution < -0.4 is 0 Å². The van der Waals surface area contributed by atoms with Crippen LogP contribution >= 0.6 is 0 Å². The second-order valence-corrected chi connectivity index (χ2v) is 3.36. The number of ether oxygens (including phenoxy) is 1. The van der Waals surface area contributed by atoms with E-state index in [-0.39, 0.29) is 24.2 Å². The molecule has 0 aromatic heterocycles. The minimum absolute atomic E-state index is 0.159. The average Bonchev–Trinajstić information content (AvgIpc) is 2.27. The fourth-order valence-corrected chi connectivity index (χ4v) is 1.44. The molecular formula is C11H10N2O5. The first-order valence-corrected chi connectivity index (χ1v) is 5.05. The van der Waals surface area contributed by atoms with Crippen LogP contribution in [0.4, 0.5) is 5.69 Å². The van der Waals surface area contributed by atoms with Gasteiger partial charge < -0.3 is 9.84 Å². The number of hydrogen-bond acceptors (Lipinski definition) is 6. The van der Waals surface area contributed by atoms with Gasteiger partial charge in [0.25, 0.3) is 0 Å². The van der Waals surface area contributed by atoms with Crippen molar-refractivity contribution in [2.45, 2.75) is 13.3 Å². The number of hydrogen-bond donors (Lipinski definition) is 1. The Morgan fingerprint density at radius 1 is 1.61 bits per heavy atom. The molecule has 0 radical (unpaired) electrons. The largest absolute Gasteiger partial charge is 0.502 e. The molecule has 1 N–H and O–H groups in total. The molecule has 1 aromatic carbocycles. The van der Waals surface area contributed by atoms with Crippen LogP contribution in [-0.2, 0) is 16.0 Å². The van der Waals surface area contributed by atoms with E-state index in [2.05, 4.69) is 0 Å². The quantitative estimate of drug-likeness (QED) is 0.489. The number of nitrogens with zero attached hydrogens (tertiary/aromatic N) is 2. The van der Waals surface area contributed by atoms with Gasteiger partial charge in [0, 0.05) is 0 Å². The molecule has 1 aromatic rings. The monoisotopic (exact) mass is 250 g/mol. The Bertz CT molecular complexity index is 533. The number of nitro benzene ring substituents is 1. The summed E-state index contributed by atoms with van der Waals surface area (Å²) in [5, 5.41) is 28.9. The molecule has 7 heteroatoms. The number of carbonyl (C=O) groups is 1. The number of nitro groups is 1. The van der Waals surface area contributed by atoms with Crippen LogP contribution in [-0.4, -0.2) is 22.6 Å². The summed E-state index contributed by atoms with van der Waals surface area (Å²) in [6, 6.07) is 3.88. The Morgan fingerprint density at radius 3 is 2.78 bits per heavy atom. The standard InChI is InChI=1S/C11H10N2O5/c1-2-18-10(15)5-7-3-8(6-12)11(13(16)17)9(14)4-7/h3-4,14H,2,5H2,1H3. The highest BCUT2D eigenvalue weighted by atomic mass is 16.6. The molecule has 0 saturated carbocycles. The van der Waals surface area contributed by atoms with Gasteiger partial charge in [0.1, 0.15) is 11.6 Å². The molecule has 0 bridgehead atoms. The number of benzene rings is 1. The third kappa shape index (κ3) is 2.95. The minimum Gasteiger partial charge on any atom is -0.502 e. The average molecular weight is 250 g/mol. The van der Waals surface area contributed by atoms with Crippen LogP contribution in [0, 0.1) is 21.4 Å². The van der Waals surface area contributed by atoms with Crippen molar-refractivity contribution in [1.29, 1.82) is 5.26 Å². The summed E-state index contributed by atoms with van der Waals surface area (Å²) in [5.74, 6) is -1.17. The maximum atomic E-state index is 11.2. The predicted molar refractivity (Wildman–Crippen MR) is 59.8 cm³/mol. The van der Waals surface area contributed by atoms with Gasteiger partial charge in [-0.2, -0.15) is 5.26 Å². The third-order valence-corrected chi connectivity index (χ3v) is 2.11. The summed E-state index contributed by atoms with van der Waals surface area (Å²) in [6.07, 6.45) is -0.159. The first-order chi connectivity index (χ1) is 8.49. The summed E-state index contributed by atoms with van der Waals surface area (Å²) < 4.78 is 4.70. The van der Waals surface area contributed by atoms with E-state index in [1.54, 1.807) is 13.0 Å². The molecule has 0 aliphatic rings. The van der Waals surface area contributed by atoms with Crippen LogP contribution in [0.3, 0.4) is 0 Å². The number of aromatic hydroxyl groups is 1. The topological polar surface area (TPSA) is 113 Å². The van der Waals surface area contributed by atoms with Crippen LogP contribution in [0.5, 0.6) is 5.75 Å². The molecule has 0 unspecified atom stereocenters. The van der Waals surface area contributed by atoms with Crippen molar-refractivity contribution in [3.63, 3.8) is 0 Å². The van der Waals surface area contributed by atoms with Crippen LogP contribution in [0.2, 0.25) is 0 Å². The molecule has 0 spiro atoms. The van der Waals surface area contributed by atoms with Gasteiger partial charge in [-0.05, 0) is 24.6 Å². The van der Waals surface area contributed by atoms with Crippen molar-refractivity contribution in [1.82, 2.24) is 0 Å². The highest BCUT2D eigenvalue weighted by Gasteiger charge is 2.21. The van der Waals surface area contributed by atoms with Gasteiger partial charge in [-0.1, -0.05) is 0 Å². The Morgan fingerprint density at radius 2 is 2.28 bits per heavy atom. The third-order valence-electron chi connectivity index (χ3n) is 2.11. The molecule has 94 valence electrons. The van der Waals surface area contributed by atoms with Gasteiger partial charge in [0.15, 0.2) is 5.75 Å². The van der Waals surface area contributed by atoms with Crippen molar-refractivity contribution < 1.29 is 19.6 Å². The number of esters is 1. The van der Waals surface area contributed by atoms with E-state index < -0.39 is 22.3 Å². The Hall–Kier alpha value is -2.62. The summed E-state index contributed by atoms with van der Waals surface area (Å²) in [4.78, 5) is 21.0. The highest BCUT2D eigenvalue weighted by molar-refractivity contribution is 5.74. The summed E-state index contributed by atoms with van der Waals surface area (Å²) >= 11 is 0. The fourth-order valence-electron chi connectivity index (χ4n) is 1.44. The number of phenols is 1. The molecule has 1 rings (SSSR count). The molecule has 0 amide bonds. The number of rotatable bonds is 4. The zero-order chi connectivity index (χ0) is 13.7. The molecule has 0 aliphatic heterocycles. The first-order valence-electron chi connectivity index (χ1n) is 5.05. The van der Waals surface area contributed by atoms with Gasteiger partial charge in [-0.25, -0.2) is 0 Å². The Kier molecular flexibility index (Phi) is 4.21. The number of carbonyl (C=O) groups excluding carboxylic acids is 1. The van der Waals surface area contributed by atoms with Crippen molar-refractivity contribution >= 4 is 11.7 Å². The van der Waals surface area contributed by atoms with Crippen molar-refractivity contribution in [3.8, 4) is 11.8 Å². The smallest absolute Gasteiger partial charge is 0.328 e.